The van der Waals surface area contributed by atoms with E-state index in [2.05, 4.69) is 15.5 Å². The number of halogens is 2. The van der Waals surface area contributed by atoms with Crippen molar-refractivity contribution in [3.05, 3.63) is 33.3 Å². The molecule has 1 fully saturated rings. The molecule has 1 saturated heterocycles. The molecular formula is C14H12Cl2N4O2S. The zero-order valence-corrected chi connectivity index (χ0v) is 14.4. The monoisotopic (exact) mass is 370 g/mol. The molecule has 23 heavy (non-hydrogen) atoms. The quantitative estimate of drug-likeness (QED) is 0.900. The Morgan fingerprint density at radius 2 is 2.13 bits per heavy atom. The molecule has 0 radical (unpaired) electrons. The third-order valence-electron chi connectivity index (χ3n) is 3.47. The highest BCUT2D eigenvalue weighted by Crippen LogP contribution is 2.31. The molecule has 3 rings (SSSR count). The van der Waals surface area contributed by atoms with Crippen molar-refractivity contribution >= 4 is 57.2 Å². The second-order valence-electron chi connectivity index (χ2n) is 5.12. The van der Waals surface area contributed by atoms with Crippen LogP contribution < -0.4 is 10.2 Å². The van der Waals surface area contributed by atoms with Gasteiger partial charge in [-0.3, -0.25) is 9.59 Å². The van der Waals surface area contributed by atoms with Crippen molar-refractivity contribution in [3.63, 3.8) is 0 Å². The average Bonchev–Trinajstić information content (AvgIpc) is 3.08. The van der Waals surface area contributed by atoms with Gasteiger partial charge in [-0.05, 0) is 25.1 Å². The Balaban J connectivity index is 1.71. The SMILES string of the molecule is Cc1nnc(NC(=O)C2CC(=O)N(c3ccc(Cl)c(Cl)c3)C2)s1. The summed E-state index contributed by atoms with van der Waals surface area (Å²) in [5.41, 5.74) is 0.631. The fraction of sp³-hybridized carbons (Fsp3) is 0.286. The summed E-state index contributed by atoms with van der Waals surface area (Å²) in [4.78, 5) is 26.0. The summed E-state index contributed by atoms with van der Waals surface area (Å²) in [7, 11) is 0. The van der Waals surface area contributed by atoms with E-state index in [-0.39, 0.29) is 18.2 Å². The number of rotatable bonds is 3. The summed E-state index contributed by atoms with van der Waals surface area (Å²) in [6.45, 7) is 2.10. The normalized spacial score (nSPS) is 17.6. The molecule has 2 heterocycles. The smallest absolute Gasteiger partial charge is 0.231 e. The van der Waals surface area contributed by atoms with Crippen LogP contribution in [0.2, 0.25) is 10.0 Å². The molecule has 2 amide bonds. The van der Waals surface area contributed by atoms with Gasteiger partial charge in [-0.25, -0.2) is 0 Å². The zero-order valence-electron chi connectivity index (χ0n) is 12.0. The van der Waals surface area contributed by atoms with Gasteiger partial charge in [0.05, 0.1) is 16.0 Å². The number of anilines is 2. The highest BCUT2D eigenvalue weighted by Gasteiger charge is 2.35. The molecule has 1 aliphatic rings. The largest absolute Gasteiger partial charge is 0.312 e. The number of aromatic nitrogens is 2. The molecule has 0 aliphatic carbocycles. The molecule has 9 heteroatoms. The maximum atomic E-state index is 12.3. The van der Waals surface area contributed by atoms with E-state index in [0.29, 0.717) is 27.4 Å². The number of hydrogen-bond donors (Lipinski definition) is 1. The minimum atomic E-state index is -0.443. The molecule has 2 aromatic rings. The summed E-state index contributed by atoms with van der Waals surface area (Å²) in [6, 6.07) is 4.96. The number of benzene rings is 1. The van der Waals surface area contributed by atoms with Crippen LogP contribution in [0.5, 0.6) is 0 Å². The van der Waals surface area contributed by atoms with E-state index in [1.807, 2.05) is 0 Å². The third-order valence-corrected chi connectivity index (χ3v) is 4.96. The van der Waals surface area contributed by atoms with Crippen molar-refractivity contribution in [3.8, 4) is 0 Å². The van der Waals surface area contributed by atoms with Gasteiger partial charge in [0.15, 0.2) is 0 Å². The van der Waals surface area contributed by atoms with Gasteiger partial charge in [-0.15, -0.1) is 10.2 Å². The summed E-state index contributed by atoms with van der Waals surface area (Å²) in [6.07, 6.45) is 0.143. The van der Waals surface area contributed by atoms with Crippen molar-refractivity contribution in [1.82, 2.24) is 10.2 Å². The van der Waals surface area contributed by atoms with Gasteiger partial charge >= 0.3 is 0 Å². The van der Waals surface area contributed by atoms with Crippen molar-refractivity contribution in [2.75, 3.05) is 16.8 Å². The van der Waals surface area contributed by atoms with Crippen LogP contribution in [-0.2, 0) is 9.59 Å². The molecule has 1 aliphatic heterocycles. The minimum Gasteiger partial charge on any atom is -0.312 e. The van der Waals surface area contributed by atoms with Crippen LogP contribution in [0.1, 0.15) is 11.4 Å². The minimum absolute atomic E-state index is 0.128. The number of carbonyl (C=O) groups excluding carboxylic acids is 2. The molecule has 1 unspecified atom stereocenters. The molecule has 120 valence electrons. The lowest BCUT2D eigenvalue weighted by Crippen LogP contribution is -2.28. The molecule has 1 aromatic carbocycles. The lowest BCUT2D eigenvalue weighted by atomic mass is 10.1. The first kappa shape index (κ1) is 16.2. The first-order valence-corrected chi connectivity index (χ1v) is 8.37. The van der Waals surface area contributed by atoms with Gasteiger partial charge in [-0.1, -0.05) is 34.5 Å². The van der Waals surface area contributed by atoms with Crippen LogP contribution in [-0.4, -0.2) is 28.6 Å². The van der Waals surface area contributed by atoms with E-state index in [0.717, 1.165) is 5.01 Å². The zero-order chi connectivity index (χ0) is 16.6. The van der Waals surface area contributed by atoms with Crippen molar-refractivity contribution in [1.29, 1.82) is 0 Å². The van der Waals surface area contributed by atoms with Gasteiger partial charge in [0.2, 0.25) is 16.9 Å². The predicted octanol–water partition coefficient (Wildman–Crippen LogP) is 3.14. The van der Waals surface area contributed by atoms with Crippen LogP contribution in [0.3, 0.4) is 0 Å². The fourth-order valence-electron chi connectivity index (χ4n) is 2.34. The van der Waals surface area contributed by atoms with E-state index in [1.54, 1.807) is 25.1 Å². The molecule has 1 N–H and O–H groups in total. The Labute approximate surface area is 146 Å². The van der Waals surface area contributed by atoms with Gasteiger partial charge < -0.3 is 10.2 Å². The third kappa shape index (κ3) is 3.46. The van der Waals surface area contributed by atoms with Crippen LogP contribution in [0.25, 0.3) is 0 Å². The lowest BCUT2D eigenvalue weighted by molar-refractivity contribution is -0.122. The second kappa shape index (κ2) is 6.43. The maximum absolute atomic E-state index is 12.3. The van der Waals surface area contributed by atoms with Gasteiger partial charge in [0.1, 0.15) is 5.01 Å². The highest BCUT2D eigenvalue weighted by atomic mass is 35.5. The number of hydrogen-bond acceptors (Lipinski definition) is 5. The summed E-state index contributed by atoms with van der Waals surface area (Å²) in [5.74, 6) is -0.810. The molecular weight excluding hydrogens is 359 g/mol. The highest BCUT2D eigenvalue weighted by molar-refractivity contribution is 7.15. The average molecular weight is 371 g/mol. The van der Waals surface area contributed by atoms with E-state index in [1.165, 1.54) is 16.2 Å². The van der Waals surface area contributed by atoms with Gasteiger partial charge in [-0.2, -0.15) is 0 Å². The Hall–Kier alpha value is -1.70. The van der Waals surface area contributed by atoms with E-state index in [9.17, 15) is 9.59 Å². The summed E-state index contributed by atoms with van der Waals surface area (Å²) in [5, 5.41) is 12.4. The first-order chi connectivity index (χ1) is 10.9. The van der Waals surface area contributed by atoms with E-state index in [4.69, 9.17) is 23.2 Å². The van der Waals surface area contributed by atoms with Gasteiger partial charge in [0.25, 0.3) is 0 Å². The van der Waals surface area contributed by atoms with E-state index < -0.39 is 5.92 Å². The number of aryl methyl sites for hydroxylation is 1. The fourth-order valence-corrected chi connectivity index (χ4v) is 3.23. The van der Waals surface area contributed by atoms with E-state index >= 15 is 0 Å². The Morgan fingerprint density at radius 1 is 1.35 bits per heavy atom. The topological polar surface area (TPSA) is 75.2 Å². The Kier molecular flexibility index (Phi) is 4.52. The van der Waals surface area contributed by atoms with Crippen molar-refractivity contribution < 1.29 is 9.59 Å². The number of nitrogens with one attached hydrogen (secondary N) is 1. The van der Waals surface area contributed by atoms with Crippen molar-refractivity contribution in [2.45, 2.75) is 13.3 Å². The molecule has 0 saturated carbocycles. The van der Waals surface area contributed by atoms with Crippen LogP contribution in [0.15, 0.2) is 18.2 Å². The summed E-state index contributed by atoms with van der Waals surface area (Å²) < 4.78 is 0. The van der Waals surface area contributed by atoms with Crippen molar-refractivity contribution in [2.24, 2.45) is 5.92 Å². The maximum Gasteiger partial charge on any atom is 0.231 e. The Morgan fingerprint density at radius 3 is 2.78 bits per heavy atom. The number of carbonyl (C=O) groups is 2. The van der Waals surface area contributed by atoms with Crippen LogP contribution in [0.4, 0.5) is 10.8 Å². The predicted molar refractivity (Wildman–Crippen MR) is 90.2 cm³/mol. The number of amides is 2. The van der Waals surface area contributed by atoms with Crippen LogP contribution in [0, 0.1) is 12.8 Å². The lowest BCUT2D eigenvalue weighted by Gasteiger charge is -2.17. The first-order valence-electron chi connectivity index (χ1n) is 6.80. The molecule has 6 nitrogen and oxygen atoms in total. The van der Waals surface area contributed by atoms with Gasteiger partial charge in [0, 0.05) is 18.7 Å². The number of nitrogens with zero attached hydrogens (tertiary/aromatic N) is 3. The summed E-state index contributed by atoms with van der Waals surface area (Å²) >= 11 is 13.2. The molecule has 1 atom stereocenters. The molecule has 0 spiro atoms. The second-order valence-corrected chi connectivity index (χ2v) is 7.12. The molecule has 1 aromatic heterocycles. The standard InChI is InChI=1S/C14H12Cl2N4O2S/c1-7-18-19-14(23-7)17-13(22)8-4-12(21)20(6-8)9-2-3-10(15)11(16)5-9/h2-3,5,8H,4,6H2,1H3,(H,17,19,22). The Bertz CT molecular complexity index is 780. The van der Waals surface area contributed by atoms with Crippen LogP contribution >= 0.6 is 34.5 Å². The molecule has 0 bridgehead atoms.